The number of nitrogens with one attached hydrogen (secondary N) is 1. The van der Waals surface area contributed by atoms with E-state index in [4.69, 9.17) is 0 Å². The van der Waals surface area contributed by atoms with Crippen molar-refractivity contribution in [3.8, 4) is 11.4 Å². The predicted molar refractivity (Wildman–Crippen MR) is 75.7 cm³/mol. The highest BCUT2D eigenvalue weighted by molar-refractivity contribution is 7.79. The number of aromatic amines is 1. The number of aryl methyl sites for hydroxylation is 2. The van der Waals surface area contributed by atoms with Crippen molar-refractivity contribution in [2.24, 2.45) is 0 Å². The standard InChI is InChI=1S/C13H12N4O3S/c1-7-11-13(18)15-12(16-17(11)8(2)14-7)9-4-3-5-10(6-9)21(19)20/h3-6H,1-2H3,(H,19,20)(H,15,16,18)/p-1. The van der Waals surface area contributed by atoms with E-state index in [1.807, 2.05) is 0 Å². The zero-order valence-corrected chi connectivity index (χ0v) is 12.1. The minimum Gasteiger partial charge on any atom is -0.768 e. The van der Waals surface area contributed by atoms with E-state index in [-0.39, 0.29) is 10.5 Å². The number of H-pyrrole nitrogens is 1. The Morgan fingerprint density at radius 1 is 1.33 bits per heavy atom. The summed E-state index contributed by atoms with van der Waals surface area (Å²) >= 11 is -2.33. The molecule has 3 aromatic rings. The molecule has 1 N–H and O–H groups in total. The van der Waals surface area contributed by atoms with Gasteiger partial charge in [-0.3, -0.25) is 9.00 Å². The van der Waals surface area contributed by atoms with E-state index >= 15 is 0 Å². The van der Waals surface area contributed by atoms with Crippen LogP contribution in [-0.4, -0.2) is 28.3 Å². The van der Waals surface area contributed by atoms with Gasteiger partial charge >= 0.3 is 0 Å². The second kappa shape index (κ2) is 4.90. The molecule has 0 amide bonds. The summed E-state index contributed by atoms with van der Waals surface area (Å²) < 4.78 is 23.5. The fourth-order valence-corrected chi connectivity index (χ4v) is 2.62. The Bertz CT molecular complexity index is 929. The summed E-state index contributed by atoms with van der Waals surface area (Å²) in [5.41, 5.74) is 1.19. The summed E-state index contributed by atoms with van der Waals surface area (Å²) in [5.74, 6) is 0.888. The maximum absolute atomic E-state index is 12.1. The number of nitrogens with zero attached hydrogens (tertiary/aromatic N) is 3. The van der Waals surface area contributed by atoms with Gasteiger partial charge in [0.25, 0.3) is 5.56 Å². The topological polar surface area (TPSA) is 103 Å². The first-order valence-electron chi connectivity index (χ1n) is 6.13. The molecule has 1 unspecified atom stereocenters. The van der Waals surface area contributed by atoms with Gasteiger partial charge in [0.2, 0.25) is 0 Å². The Morgan fingerprint density at radius 2 is 2.10 bits per heavy atom. The highest BCUT2D eigenvalue weighted by Crippen LogP contribution is 2.17. The summed E-state index contributed by atoms with van der Waals surface area (Å²) in [6.45, 7) is 3.49. The smallest absolute Gasteiger partial charge is 0.277 e. The number of hydrogen-bond donors (Lipinski definition) is 1. The first kappa shape index (κ1) is 13.7. The normalized spacial score (nSPS) is 12.7. The molecule has 0 aliphatic rings. The van der Waals surface area contributed by atoms with Crippen LogP contribution in [0.4, 0.5) is 0 Å². The fourth-order valence-electron chi connectivity index (χ4n) is 2.21. The number of fused-ring (bicyclic) bond motifs is 1. The lowest BCUT2D eigenvalue weighted by atomic mass is 10.2. The van der Waals surface area contributed by atoms with Crippen LogP contribution < -0.4 is 5.56 Å². The van der Waals surface area contributed by atoms with Gasteiger partial charge in [0.1, 0.15) is 5.82 Å². The van der Waals surface area contributed by atoms with E-state index in [1.165, 1.54) is 16.6 Å². The van der Waals surface area contributed by atoms with Crippen LogP contribution in [0.25, 0.3) is 16.9 Å². The van der Waals surface area contributed by atoms with Crippen LogP contribution in [0.5, 0.6) is 0 Å². The van der Waals surface area contributed by atoms with E-state index in [0.29, 0.717) is 28.4 Å². The van der Waals surface area contributed by atoms with Crippen LogP contribution in [0.15, 0.2) is 34.0 Å². The van der Waals surface area contributed by atoms with Gasteiger partial charge in [-0.25, -0.2) is 9.50 Å². The van der Waals surface area contributed by atoms with Gasteiger partial charge in [0.15, 0.2) is 11.3 Å². The lowest BCUT2D eigenvalue weighted by Gasteiger charge is -2.07. The van der Waals surface area contributed by atoms with Crippen LogP contribution in [-0.2, 0) is 11.1 Å². The molecule has 0 saturated carbocycles. The minimum absolute atomic E-state index is 0.133. The van der Waals surface area contributed by atoms with Gasteiger partial charge in [0, 0.05) is 10.5 Å². The van der Waals surface area contributed by atoms with Crippen LogP contribution >= 0.6 is 0 Å². The molecular weight excluding hydrogens is 292 g/mol. The molecule has 8 heteroatoms. The van der Waals surface area contributed by atoms with Gasteiger partial charge < -0.3 is 9.54 Å². The Balaban J connectivity index is 2.26. The molecule has 0 saturated heterocycles. The molecule has 7 nitrogen and oxygen atoms in total. The lowest BCUT2D eigenvalue weighted by molar-refractivity contribution is 0.537. The van der Waals surface area contributed by atoms with Crippen molar-refractivity contribution >= 4 is 16.6 Å². The number of benzene rings is 1. The zero-order chi connectivity index (χ0) is 15.1. The Kier molecular flexibility index (Phi) is 3.19. The predicted octanol–water partition coefficient (Wildman–Crippen LogP) is 0.939. The molecule has 21 heavy (non-hydrogen) atoms. The summed E-state index contributed by atoms with van der Waals surface area (Å²) in [6, 6.07) is 6.19. The maximum atomic E-state index is 12.1. The molecule has 108 valence electrons. The van der Waals surface area contributed by atoms with Gasteiger partial charge in [-0.1, -0.05) is 12.1 Å². The summed E-state index contributed by atoms with van der Waals surface area (Å²) in [7, 11) is 0. The third-order valence-electron chi connectivity index (χ3n) is 3.14. The van der Waals surface area contributed by atoms with Crippen molar-refractivity contribution < 1.29 is 8.76 Å². The van der Waals surface area contributed by atoms with Crippen molar-refractivity contribution in [1.29, 1.82) is 0 Å². The second-order valence-electron chi connectivity index (χ2n) is 4.57. The minimum atomic E-state index is -2.33. The Hall–Kier alpha value is -2.32. The van der Waals surface area contributed by atoms with Gasteiger partial charge in [-0.05, 0) is 37.1 Å². The molecule has 0 fully saturated rings. The van der Waals surface area contributed by atoms with E-state index < -0.39 is 11.1 Å². The van der Waals surface area contributed by atoms with E-state index in [1.54, 1.807) is 26.0 Å². The molecule has 0 spiro atoms. The number of rotatable bonds is 2. The summed E-state index contributed by atoms with van der Waals surface area (Å²) in [6.07, 6.45) is 0. The highest BCUT2D eigenvalue weighted by atomic mass is 32.2. The van der Waals surface area contributed by atoms with Gasteiger partial charge in [-0.15, -0.1) is 5.10 Å². The SMILES string of the molecule is Cc1nc(C)n2nc(-c3cccc(S(=O)[O-])c3)[nH]c(=O)c12. The van der Waals surface area contributed by atoms with Crippen molar-refractivity contribution in [2.75, 3.05) is 0 Å². The third-order valence-corrected chi connectivity index (χ3v) is 3.78. The Labute approximate surface area is 122 Å². The quantitative estimate of drug-likeness (QED) is 0.710. The number of hydrogen-bond acceptors (Lipinski definition) is 5. The van der Waals surface area contributed by atoms with Gasteiger partial charge in [0.05, 0.1) is 5.69 Å². The zero-order valence-electron chi connectivity index (χ0n) is 11.3. The molecule has 0 radical (unpaired) electrons. The number of aromatic nitrogens is 4. The van der Waals surface area contributed by atoms with Crippen molar-refractivity contribution in [3.63, 3.8) is 0 Å². The molecule has 1 aromatic carbocycles. The van der Waals surface area contributed by atoms with Crippen LogP contribution in [0, 0.1) is 13.8 Å². The van der Waals surface area contributed by atoms with Crippen molar-refractivity contribution in [3.05, 3.63) is 46.1 Å². The molecular formula is C13H11N4O3S-. The van der Waals surface area contributed by atoms with Crippen molar-refractivity contribution in [1.82, 2.24) is 19.6 Å². The van der Waals surface area contributed by atoms with Crippen LogP contribution in [0.2, 0.25) is 0 Å². The number of imidazole rings is 1. The average Bonchev–Trinajstić information content (AvgIpc) is 2.74. The van der Waals surface area contributed by atoms with E-state index in [0.717, 1.165) is 0 Å². The molecule has 2 heterocycles. The van der Waals surface area contributed by atoms with Crippen molar-refractivity contribution in [2.45, 2.75) is 18.7 Å². The average molecular weight is 303 g/mol. The molecule has 0 aliphatic carbocycles. The first-order chi connectivity index (χ1) is 9.97. The highest BCUT2D eigenvalue weighted by Gasteiger charge is 2.12. The molecule has 0 bridgehead atoms. The second-order valence-corrected chi connectivity index (χ2v) is 5.51. The van der Waals surface area contributed by atoms with Crippen LogP contribution in [0.3, 0.4) is 0 Å². The molecule has 0 aliphatic heterocycles. The van der Waals surface area contributed by atoms with E-state index in [2.05, 4.69) is 15.1 Å². The molecule has 1 atom stereocenters. The first-order valence-corrected chi connectivity index (χ1v) is 7.21. The third kappa shape index (κ3) is 2.28. The fraction of sp³-hybridized carbons (Fsp3) is 0.154. The Morgan fingerprint density at radius 3 is 2.81 bits per heavy atom. The largest absolute Gasteiger partial charge is 0.768 e. The monoisotopic (exact) mass is 303 g/mol. The van der Waals surface area contributed by atoms with Crippen LogP contribution in [0.1, 0.15) is 11.5 Å². The maximum Gasteiger partial charge on any atom is 0.277 e. The van der Waals surface area contributed by atoms with E-state index in [9.17, 15) is 13.6 Å². The summed E-state index contributed by atoms with van der Waals surface area (Å²) in [5, 5.41) is 4.32. The lowest BCUT2D eigenvalue weighted by Crippen LogP contribution is -2.15. The van der Waals surface area contributed by atoms with Gasteiger partial charge in [-0.2, -0.15) is 0 Å². The summed E-state index contributed by atoms with van der Waals surface area (Å²) in [4.78, 5) is 19.2. The molecule has 2 aromatic heterocycles. The molecule has 3 rings (SSSR count).